The van der Waals surface area contributed by atoms with Crippen molar-refractivity contribution < 1.29 is 27.4 Å². The van der Waals surface area contributed by atoms with Crippen molar-refractivity contribution in [2.75, 3.05) is 36.5 Å². The van der Waals surface area contributed by atoms with Crippen LogP contribution in [0.25, 0.3) is 0 Å². The lowest BCUT2D eigenvalue weighted by molar-refractivity contribution is -0.137. The number of nitrogens with one attached hydrogen (secondary N) is 2. The Kier molecular flexibility index (Phi) is 8.15. The summed E-state index contributed by atoms with van der Waals surface area (Å²) in [7, 11) is 0. The van der Waals surface area contributed by atoms with Crippen molar-refractivity contribution in [3.8, 4) is 5.75 Å². The van der Waals surface area contributed by atoms with Gasteiger partial charge in [0.2, 0.25) is 0 Å². The first-order chi connectivity index (χ1) is 15.7. The third-order valence-electron chi connectivity index (χ3n) is 5.18. The number of amides is 1. The number of halogens is 3. The Balaban J connectivity index is 1.72. The lowest BCUT2D eigenvalue weighted by Crippen LogP contribution is -2.38. The van der Waals surface area contributed by atoms with E-state index in [0.717, 1.165) is 18.6 Å². The molecule has 1 atom stereocenters. The van der Waals surface area contributed by atoms with Gasteiger partial charge in [-0.3, -0.25) is 10.1 Å². The predicted octanol–water partition coefficient (Wildman–Crippen LogP) is 4.85. The zero-order valence-corrected chi connectivity index (χ0v) is 19.2. The van der Waals surface area contributed by atoms with Crippen LogP contribution >= 0.6 is 12.2 Å². The lowest BCUT2D eigenvalue weighted by Gasteiger charge is -2.31. The van der Waals surface area contributed by atoms with Gasteiger partial charge in [0, 0.05) is 18.7 Å². The minimum Gasteiger partial charge on any atom is -0.491 e. The first-order valence-electron chi connectivity index (χ1n) is 10.6. The van der Waals surface area contributed by atoms with Gasteiger partial charge >= 0.3 is 6.18 Å². The first-order valence-corrected chi connectivity index (χ1v) is 11.0. The summed E-state index contributed by atoms with van der Waals surface area (Å²) in [5.74, 6) is 0.156. The van der Waals surface area contributed by atoms with Crippen molar-refractivity contribution >= 4 is 34.6 Å². The molecule has 1 fully saturated rings. The van der Waals surface area contributed by atoms with Gasteiger partial charge in [0.25, 0.3) is 5.91 Å². The zero-order chi connectivity index (χ0) is 24.0. The van der Waals surface area contributed by atoms with E-state index in [1.54, 1.807) is 24.3 Å². The minimum absolute atomic E-state index is 0.0505. The van der Waals surface area contributed by atoms with E-state index in [9.17, 15) is 18.0 Å². The van der Waals surface area contributed by atoms with Crippen LogP contribution in [0, 0.1) is 0 Å². The molecule has 1 saturated heterocycles. The maximum Gasteiger partial charge on any atom is 0.416 e. The normalized spacial score (nSPS) is 15.0. The number of carbonyl (C=O) groups excluding carboxylic acids is 1. The Morgan fingerprint density at radius 1 is 1.18 bits per heavy atom. The summed E-state index contributed by atoms with van der Waals surface area (Å²) in [6.07, 6.45) is -3.61. The number of nitrogens with zero attached hydrogens (tertiary/aromatic N) is 1. The maximum absolute atomic E-state index is 13.3. The molecule has 0 aliphatic carbocycles. The SMILES string of the molecule is CC[C@@H](C)Oc1ccc(C(=O)NC(=S)Nc2cc(C(F)(F)F)ccc2N2CCOCC2)cc1. The number of hydrogen-bond acceptors (Lipinski definition) is 5. The molecule has 0 aromatic heterocycles. The summed E-state index contributed by atoms with van der Waals surface area (Å²) < 4.78 is 50.8. The van der Waals surface area contributed by atoms with Crippen LogP contribution in [0.3, 0.4) is 0 Å². The number of hydrogen-bond donors (Lipinski definition) is 2. The van der Waals surface area contributed by atoms with Crippen molar-refractivity contribution in [2.45, 2.75) is 32.5 Å². The molecular formula is C23H26F3N3O3S. The standard InChI is InChI=1S/C23H26F3N3O3S/c1-3-15(2)32-18-7-4-16(5-8-18)21(30)28-22(33)27-19-14-17(23(24,25)26)6-9-20(19)29-10-12-31-13-11-29/h4-9,14-15H,3,10-13H2,1-2H3,(H2,27,28,30,33)/t15-/m1/s1. The summed E-state index contributed by atoms with van der Waals surface area (Å²) in [5.41, 5.74) is 0.241. The van der Waals surface area contributed by atoms with Gasteiger partial charge in [-0.15, -0.1) is 0 Å². The fraction of sp³-hybridized carbons (Fsp3) is 0.391. The first kappa shape index (κ1) is 24.8. The van der Waals surface area contributed by atoms with E-state index in [-0.39, 0.29) is 16.9 Å². The molecule has 1 aliphatic heterocycles. The van der Waals surface area contributed by atoms with Gasteiger partial charge in [0.05, 0.1) is 36.3 Å². The van der Waals surface area contributed by atoms with Crippen LogP contribution in [0.1, 0.15) is 36.2 Å². The van der Waals surface area contributed by atoms with Crippen molar-refractivity contribution in [3.63, 3.8) is 0 Å². The molecule has 0 radical (unpaired) electrons. The van der Waals surface area contributed by atoms with Crippen LogP contribution < -0.4 is 20.3 Å². The molecule has 2 aromatic carbocycles. The van der Waals surface area contributed by atoms with Crippen LogP contribution in [-0.4, -0.2) is 43.4 Å². The molecule has 1 aliphatic rings. The predicted molar refractivity (Wildman–Crippen MR) is 125 cm³/mol. The molecular weight excluding hydrogens is 455 g/mol. The molecule has 33 heavy (non-hydrogen) atoms. The number of anilines is 2. The molecule has 3 rings (SSSR count). The largest absolute Gasteiger partial charge is 0.491 e. The molecule has 2 aromatic rings. The van der Waals surface area contributed by atoms with Crippen LogP contribution in [0.2, 0.25) is 0 Å². The zero-order valence-electron chi connectivity index (χ0n) is 18.4. The van der Waals surface area contributed by atoms with Crippen molar-refractivity contribution in [1.82, 2.24) is 5.32 Å². The second kappa shape index (κ2) is 10.8. The topological polar surface area (TPSA) is 62.8 Å². The second-order valence-electron chi connectivity index (χ2n) is 7.60. The highest BCUT2D eigenvalue weighted by Crippen LogP contribution is 2.35. The summed E-state index contributed by atoms with van der Waals surface area (Å²) in [6, 6.07) is 9.97. The van der Waals surface area contributed by atoms with Crippen LogP contribution in [0.15, 0.2) is 42.5 Å². The maximum atomic E-state index is 13.3. The van der Waals surface area contributed by atoms with Gasteiger partial charge in [-0.2, -0.15) is 13.2 Å². The van der Waals surface area contributed by atoms with E-state index < -0.39 is 17.6 Å². The third-order valence-corrected chi connectivity index (χ3v) is 5.38. The smallest absolute Gasteiger partial charge is 0.416 e. The third kappa shape index (κ3) is 6.82. The summed E-state index contributed by atoms with van der Waals surface area (Å²) in [4.78, 5) is 14.5. The number of ether oxygens (including phenoxy) is 2. The Morgan fingerprint density at radius 3 is 2.45 bits per heavy atom. The highest BCUT2D eigenvalue weighted by molar-refractivity contribution is 7.80. The number of rotatable bonds is 6. The Bertz CT molecular complexity index is 977. The molecule has 0 spiro atoms. The minimum atomic E-state index is -4.51. The van der Waals surface area contributed by atoms with E-state index in [0.29, 0.717) is 43.3 Å². The molecule has 10 heteroatoms. The summed E-state index contributed by atoms with van der Waals surface area (Å²) in [5, 5.41) is 5.18. The van der Waals surface area contributed by atoms with Crippen molar-refractivity contribution in [1.29, 1.82) is 0 Å². The Hall–Kier alpha value is -2.85. The molecule has 178 valence electrons. The molecule has 2 N–H and O–H groups in total. The average molecular weight is 482 g/mol. The number of carbonyl (C=O) groups is 1. The van der Waals surface area contributed by atoms with Gasteiger partial charge in [-0.05, 0) is 68.0 Å². The number of benzene rings is 2. The van der Waals surface area contributed by atoms with E-state index in [2.05, 4.69) is 10.6 Å². The monoisotopic (exact) mass is 481 g/mol. The molecule has 0 bridgehead atoms. The van der Waals surface area contributed by atoms with Gasteiger partial charge in [-0.1, -0.05) is 6.92 Å². The van der Waals surface area contributed by atoms with Crippen LogP contribution in [-0.2, 0) is 10.9 Å². The molecule has 1 heterocycles. The van der Waals surface area contributed by atoms with Gasteiger partial charge in [0.1, 0.15) is 5.75 Å². The quantitative estimate of drug-likeness (QED) is 0.576. The highest BCUT2D eigenvalue weighted by atomic mass is 32.1. The molecule has 0 saturated carbocycles. The average Bonchev–Trinajstić information content (AvgIpc) is 2.79. The van der Waals surface area contributed by atoms with Crippen LogP contribution in [0.5, 0.6) is 5.75 Å². The van der Waals surface area contributed by atoms with Gasteiger partial charge < -0.3 is 19.7 Å². The van der Waals surface area contributed by atoms with Crippen LogP contribution in [0.4, 0.5) is 24.5 Å². The van der Waals surface area contributed by atoms with Gasteiger partial charge in [-0.25, -0.2) is 0 Å². The summed E-state index contributed by atoms with van der Waals surface area (Å²) in [6.45, 7) is 5.96. The molecule has 6 nitrogen and oxygen atoms in total. The van der Waals surface area contributed by atoms with E-state index in [1.807, 2.05) is 18.7 Å². The Morgan fingerprint density at radius 2 is 1.85 bits per heavy atom. The highest BCUT2D eigenvalue weighted by Gasteiger charge is 2.31. The fourth-order valence-corrected chi connectivity index (χ4v) is 3.42. The molecule has 1 amide bonds. The second-order valence-corrected chi connectivity index (χ2v) is 8.01. The van der Waals surface area contributed by atoms with E-state index in [4.69, 9.17) is 21.7 Å². The lowest BCUT2D eigenvalue weighted by atomic mass is 10.1. The fourth-order valence-electron chi connectivity index (χ4n) is 3.22. The summed E-state index contributed by atoms with van der Waals surface area (Å²) >= 11 is 5.22. The number of alkyl halides is 3. The van der Waals surface area contributed by atoms with Crippen molar-refractivity contribution in [2.24, 2.45) is 0 Å². The number of morpholine rings is 1. The van der Waals surface area contributed by atoms with E-state index >= 15 is 0 Å². The number of thiocarbonyl (C=S) groups is 1. The Labute approximate surface area is 196 Å². The van der Waals surface area contributed by atoms with E-state index in [1.165, 1.54) is 6.07 Å². The molecule has 0 unspecified atom stereocenters. The van der Waals surface area contributed by atoms with Crippen molar-refractivity contribution in [3.05, 3.63) is 53.6 Å². The van der Waals surface area contributed by atoms with Gasteiger partial charge in [0.15, 0.2) is 5.11 Å².